The molecule has 136 valence electrons. The van der Waals surface area contributed by atoms with E-state index in [4.69, 9.17) is 11.6 Å². The van der Waals surface area contributed by atoms with Crippen molar-refractivity contribution in [3.63, 3.8) is 0 Å². The molecule has 0 atom stereocenters. The van der Waals surface area contributed by atoms with Gasteiger partial charge < -0.3 is 10.2 Å². The Morgan fingerprint density at radius 1 is 1.23 bits per heavy atom. The second kappa shape index (κ2) is 7.69. The highest BCUT2D eigenvalue weighted by atomic mass is 35.5. The van der Waals surface area contributed by atoms with Gasteiger partial charge in [0.15, 0.2) is 5.17 Å². The summed E-state index contributed by atoms with van der Waals surface area (Å²) in [7, 11) is -3.77. The van der Waals surface area contributed by atoms with E-state index in [1.165, 1.54) is 6.07 Å². The highest BCUT2D eigenvalue weighted by Gasteiger charge is 2.30. The summed E-state index contributed by atoms with van der Waals surface area (Å²) in [6, 6.07) is 13.5. The molecule has 1 aliphatic rings. The lowest BCUT2D eigenvalue weighted by Gasteiger charge is -2.29. The van der Waals surface area contributed by atoms with Crippen LogP contribution in [0.2, 0.25) is 5.02 Å². The SMILES string of the molecule is CCN1C(SCC(=O)Nc2cccc(Cl)c2)=NS(=O)(=O)c2ccccc21. The fraction of sp³-hybridized carbons (Fsp3) is 0.176. The monoisotopic (exact) mass is 409 g/mol. The lowest BCUT2D eigenvalue weighted by molar-refractivity contribution is -0.113. The zero-order chi connectivity index (χ0) is 18.7. The Labute approximate surface area is 161 Å². The highest BCUT2D eigenvalue weighted by Crippen LogP contribution is 2.33. The van der Waals surface area contributed by atoms with E-state index in [-0.39, 0.29) is 21.7 Å². The predicted molar refractivity (Wildman–Crippen MR) is 107 cm³/mol. The Kier molecular flexibility index (Phi) is 5.55. The predicted octanol–water partition coefficient (Wildman–Crippen LogP) is 3.60. The van der Waals surface area contributed by atoms with Crippen molar-refractivity contribution in [3.8, 4) is 0 Å². The van der Waals surface area contributed by atoms with E-state index in [0.29, 0.717) is 22.9 Å². The Morgan fingerprint density at radius 2 is 2.00 bits per heavy atom. The van der Waals surface area contributed by atoms with Gasteiger partial charge in [0.05, 0.1) is 11.4 Å². The largest absolute Gasteiger partial charge is 0.325 e. The quantitative estimate of drug-likeness (QED) is 0.834. The summed E-state index contributed by atoms with van der Waals surface area (Å²) in [6.45, 7) is 2.44. The number of nitrogens with one attached hydrogen (secondary N) is 1. The van der Waals surface area contributed by atoms with Crippen LogP contribution in [0.1, 0.15) is 6.92 Å². The fourth-order valence-electron chi connectivity index (χ4n) is 2.51. The van der Waals surface area contributed by atoms with Crippen molar-refractivity contribution in [1.29, 1.82) is 0 Å². The lowest BCUT2D eigenvalue weighted by atomic mass is 10.3. The van der Waals surface area contributed by atoms with Crippen molar-refractivity contribution in [2.75, 3.05) is 22.5 Å². The van der Waals surface area contributed by atoms with Crippen LogP contribution in [0.25, 0.3) is 0 Å². The average molecular weight is 410 g/mol. The number of benzene rings is 2. The summed E-state index contributed by atoms with van der Waals surface area (Å²) < 4.78 is 28.6. The Hall–Kier alpha value is -2.03. The third-order valence-corrected chi connectivity index (χ3v) is 6.26. The normalized spacial score (nSPS) is 15.2. The molecule has 9 heteroatoms. The maximum absolute atomic E-state index is 12.4. The van der Waals surface area contributed by atoms with Crippen LogP contribution in [0.5, 0.6) is 0 Å². The first kappa shape index (κ1) is 18.8. The van der Waals surface area contributed by atoms with Crippen molar-refractivity contribution >= 4 is 55.8 Å². The summed E-state index contributed by atoms with van der Waals surface area (Å²) in [5.41, 5.74) is 1.15. The number of carbonyl (C=O) groups excluding carboxylic acids is 1. The molecule has 1 N–H and O–H groups in total. The molecule has 0 bridgehead atoms. The molecule has 0 saturated carbocycles. The van der Waals surface area contributed by atoms with E-state index >= 15 is 0 Å². The van der Waals surface area contributed by atoms with E-state index < -0.39 is 10.0 Å². The smallest absolute Gasteiger partial charge is 0.286 e. The van der Waals surface area contributed by atoms with Gasteiger partial charge >= 0.3 is 0 Å². The average Bonchev–Trinajstić information content (AvgIpc) is 2.60. The van der Waals surface area contributed by atoms with Gasteiger partial charge in [0.2, 0.25) is 5.91 Å². The van der Waals surface area contributed by atoms with Gasteiger partial charge in [-0.3, -0.25) is 4.79 Å². The molecule has 6 nitrogen and oxygen atoms in total. The fourth-order valence-corrected chi connectivity index (χ4v) is 5.01. The van der Waals surface area contributed by atoms with E-state index in [1.54, 1.807) is 47.4 Å². The molecular weight excluding hydrogens is 394 g/mol. The minimum atomic E-state index is -3.77. The van der Waals surface area contributed by atoms with Crippen molar-refractivity contribution < 1.29 is 13.2 Å². The Morgan fingerprint density at radius 3 is 2.73 bits per heavy atom. The zero-order valence-electron chi connectivity index (χ0n) is 13.8. The molecule has 1 aliphatic heterocycles. The number of hydrogen-bond acceptors (Lipinski definition) is 5. The van der Waals surface area contributed by atoms with Gasteiger partial charge in [-0.2, -0.15) is 8.42 Å². The van der Waals surface area contributed by atoms with Gasteiger partial charge in [0, 0.05) is 17.3 Å². The molecule has 2 aromatic rings. The first-order chi connectivity index (χ1) is 12.4. The zero-order valence-corrected chi connectivity index (χ0v) is 16.2. The van der Waals surface area contributed by atoms with Crippen molar-refractivity contribution in [2.45, 2.75) is 11.8 Å². The number of hydrogen-bond donors (Lipinski definition) is 1. The van der Waals surface area contributed by atoms with Crippen LogP contribution < -0.4 is 10.2 Å². The van der Waals surface area contributed by atoms with Gasteiger partial charge in [0.1, 0.15) is 4.90 Å². The van der Waals surface area contributed by atoms with Crippen LogP contribution in [0.4, 0.5) is 11.4 Å². The molecule has 26 heavy (non-hydrogen) atoms. The maximum atomic E-state index is 12.4. The third kappa shape index (κ3) is 4.03. The minimum Gasteiger partial charge on any atom is -0.325 e. The Bertz CT molecular complexity index is 977. The van der Waals surface area contributed by atoms with Crippen molar-refractivity contribution in [1.82, 2.24) is 0 Å². The molecule has 1 heterocycles. The number of thioether (sulfide) groups is 1. The summed E-state index contributed by atoms with van der Waals surface area (Å²) in [5.74, 6) is -0.244. The number of nitrogens with zero attached hydrogens (tertiary/aromatic N) is 2. The molecular formula is C17H16ClN3O3S2. The van der Waals surface area contributed by atoms with Gasteiger partial charge in [-0.1, -0.05) is 41.6 Å². The Balaban J connectivity index is 1.75. The van der Waals surface area contributed by atoms with E-state index in [2.05, 4.69) is 9.71 Å². The van der Waals surface area contributed by atoms with E-state index in [1.807, 2.05) is 6.92 Å². The first-order valence-corrected chi connectivity index (χ1v) is 10.6. The highest BCUT2D eigenvalue weighted by molar-refractivity contribution is 8.15. The van der Waals surface area contributed by atoms with Gasteiger partial charge in [0.25, 0.3) is 10.0 Å². The van der Waals surface area contributed by atoms with E-state index in [9.17, 15) is 13.2 Å². The standard InChI is InChI=1S/C17H16ClN3O3S2/c1-2-21-14-8-3-4-9-15(14)26(23,24)20-17(21)25-11-16(22)19-13-7-5-6-12(18)10-13/h3-10H,2,11H2,1H3,(H,19,22). The van der Waals surface area contributed by atoms with Crippen LogP contribution in [0.15, 0.2) is 57.8 Å². The molecule has 0 unspecified atom stereocenters. The summed E-state index contributed by atoms with van der Waals surface area (Å²) >= 11 is 6.97. The number of halogens is 1. The third-order valence-electron chi connectivity index (χ3n) is 3.62. The molecule has 0 aliphatic carbocycles. The first-order valence-electron chi connectivity index (χ1n) is 7.80. The van der Waals surface area contributed by atoms with Crippen molar-refractivity contribution in [2.24, 2.45) is 4.40 Å². The van der Waals surface area contributed by atoms with Crippen LogP contribution >= 0.6 is 23.4 Å². The summed E-state index contributed by atoms with van der Waals surface area (Å²) in [4.78, 5) is 14.1. The number of anilines is 2. The number of carbonyl (C=O) groups is 1. The molecule has 1 amide bonds. The number of fused-ring (bicyclic) bond motifs is 1. The molecule has 2 aromatic carbocycles. The lowest BCUT2D eigenvalue weighted by Crippen LogP contribution is -2.34. The van der Waals surface area contributed by atoms with Crippen molar-refractivity contribution in [3.05, 3.63) is 53.6 Å². The number of rotatable bonds is 4. The number of para-hydroxylation sites is 1. The van der Waals surface area contributed by atoms with Gasteiger partial charge in [-0.05, 0) is 37.3 Å². The molecule has 0 fully saturated rings. The number of sulfonamides is 1. The van der Waals surface area contributed by atoms with Crippen LogP contribution in [0.3, 0.4) is 0 Å². The van der Waals surface area contributed by atoms with Crippen LogP contribution in [-0.4, -0.2) is 31.8 Å². The summed E-state index contributed by atoms with van der Waals surface area (Å²) in [5, 5.41) is 3.53. The topological polar surface area (TPSA) is 78.8 Å². The van der Waals surface area contributed by atoms with Crippen LogP contribution in [-0.2, 0) is 14.8 Å². The number of amides is 1. The number of amidine groups is 1. The summed E-state index contributed by atoms with van der Waals surface area (Å²) in [6.07, 6.45) is 0. The second-order valence-electron chi connectivity index (χ2n) is 5.41. The molecule has 0 saturated heterocycles. The molecule has 0 aromatic heterocycles. The molecule has 0 radical (unpaired) electrons. The molecule has 0 spiro atoms. The van der Waals surface area contributed by atoms with Crippen LogP contribution in [0, 0.1) is 0 Å². The van der Waals surface area contributed by atoms with Gasteiger partial charge in [-0.25, -0.2) is 0 Å². The minimum absolute atomic E-state index is 0.0273. The second-order valence-corrected chi connectivity index (χ2v) is 8.36. The van der Waals surface area contributed by atoms with Gasteiger partial charge in [-0.15, -0.1) is 4.40 Å². The van der Waals surface area contributed by atoms with E-state index in [0.717, 1.165) is 11.8 Å². The maximum Gasteiger partial charge on any atom is 0.286 e. The molecule has 3 rings (SSSR count).